The molecule has 0 unspecified atom stereocenters. The molecule has 7 aromatic rings. The minimum absolute atomic E-state index is 0.344. The number of hydrogen-bond acceptors (Lipinski definition) is 6. The molecule has 7 rings (SSSR count). The minimum atomic E-state index is -0.344. The number of halogens is 2. The highest BCUT2D eigenvalue weighted by atomic mass is 32.2. The molecule has 2 aromatic heterocycles. The predicted octanol–water partition coefficient (Wildman–Crippen LogP) is 9.66. The first-order valence-electron chi connectivity index (χ1n) is 15.3. The van der Waals surface area contributed by atoms with E-state index in [1.54, 1.807) is 59.9 Å². The van der Waals surface area contributed by atoms with Gasteiger partial charge in [0, 0.05) is 22.9 Å². The molecular weight excluding hydrogens is 643 g/mol. The quantitative estimate of drug-likeness (QED) is 0.135. The van der Waals surface area contributed by atoms with E-state index < -0.39 is 0 Å². The Morgan fingerprint density at radius 2 is 0.854 bits per heavy atom. The van der Waals surface area contributed by atoms with Gasteiger partial charge in [-0.1, -0.05) is 107 Å². The Morgan fingerprint density at radius 1 is 0.479 bits per heavy atom. The fourth-order valence-corrected chi connectivity index (χ4v) is 7.06. The average Bonchev–Trinajstić information content (AvgIpc) is 3.72. The van der Waals surface area contributed by atoms with Gasteiger partial charge in [-0.3, -0.25) is 9.13 Å². The van der Waals surface area contributed by atoms with Crippen molar-refractivity contribution >= 4 is 23.5 Å². The first kappa shape index (κ1) is 31.5. The lowest BCUT2D eigenvalue weighted by Crippen LogP contribution is -2.01. The zero-order valence-corrected chi connectivity index (χ0v) is 27.8. The van der Waals surface area contributed by atoms with E-state index in [0.717, 1.165) is 33.6 Å². The van der Waals surface area contributed by atoms with E-state index in [2.05, 4.69) is 44.7 Å². The summed E-state index contributed by atoms with van der Waals surface area (Å²) in [5, 5.41) is 19.1. The molecule has 0 saturated heterocycles. The molecule has 0 N–H and O–H groups in total. The lowest BCUT2D eigenvalue weighted by atomic mass is 10.2. The Bertz CT molecular complexity index is 2020. The second-order valence-corrected chi connectivity index (χ2v) is 13.2. The zero-order chi connectivity index (χ0) is 33.0. The molecule has 5 aromatic carbocycles. The summed E-state index contributed by atoms with van der Waals surface area (Å²) < 4.78 is 33.4. The maximum absolute atomic E-state index is 14.8. The summed E-state index contributed by atoms with van der Waals surface area (Å²) in [4.78, 5) is 0. The van der Waals surface area contributed by atoms with Crippen LogP contribution in [0.2, 0.25) is 0 Å². The minimum Gasteiger partial charge on any atom is -0.270 e. The van der Waals surface area contributed by atoms with Gasteiger partial charge >= 0.3 is 0 Å². The van der Waals surface area contributed by atoms with Crippen LogP contribution in [-0.4, -0.2) is 29.5 Å². The Morgan fingerprint density at radius 3 is 1.23 bits per heavy atom. The third-order valence-electron chi connectivity index (χ3n) is 7.84. The summed E-state index contributed by atoms with van der Waals surface area (Å²) in [6.07, 6.45) is 0. The van der Waals surface area contributed by atoms with Crippen molar-refractivity contribution in [3.63, 3.8) is 0 Å². The van der Waals surface area contributed by atoms with Gasteiger partial charge in [0.2, 0.25) is 0 Å². The molecule has 0 saturated carbocycles. The van der Waals surface area contributed by atoms with Gasteiger partial charge in [-0.25, -0.2) is 8.78 Å². The Kier molecular flexibility index (Phi) is 9.18. The molecule has 0 radical (unpaired) electrons. The fourth-order valence-electron chi connectivity index (χ4n) is 5.24. The van der Waals surface area contributed by atoms with Crippen LogP contribution in [0.15, 0.2) is 132 Å². The summed E-state index contributed by atoms with van der Waals surface area (Å²) >= 11 is 3.10. The zero-order valence-electron chi connectivity index (χ0n) is 26.2. The SMILES string of the molecule is Cc1ccc(-n2c(SCc3ccc(CSc4nnc(-c5ccccc5F)n4-c4ccc(C)cc4)cc3)nnc2-c2ccccc2F)cc1. The van der Waals surface area contributed by atoms with Crippen LogP contribution in [-0.2, 0) is 11.5 Å². The summed E-state index contributed by atoms with van der Waals surface area (Å²) in [7, 11) is 0. The topological polar surface area (TPSA) is 61.4 Å². The molecule has 2 heterocycles. The Hall–Kier alpha value is -5.06. The second-order valence-electron chi connectivity index (χ2n) is 11.3. The maximum Gasteiger partial charge on any atom is 0.196 e. The van der Waals surface area contributed by atoms with Gasteiger partial charge in [-0.05, 0) is 73.5 Å². The van der Waals surface area contributed by atoms with Crippen LogP contribution in [0.4, 0.5) is 8.78 Å². The van der Waals surface area contributed by atoms with Gasteiger partial charge in [0.1, 0.15) is 11.6 Å². The van der Waals surface area contributed by atoms with Crippen molar-refractivity contribution in [1.82, 2.24) is 29.5 Å². The van der Waals surface area contributed by atoms with Crippen molar-refractivity contribution in [1.29, 1.82) is 0 Å². The largest absolute Gasteiger partial charge is 0.270 e. The van der Waals surface area contributed by atoms with E-state index >= 15 is 0 Å². The smallest absolute Gasteiger partial charge is 0.196 e. The van der Waals surface area contributed by atoms with E-state index in [4.69, 9.17) is 0 Å². The molecule has 0 aliphatic heterocycles. The van der Waals surface area contributed by atoms with Gasteiger partial charge in [0.25, 0.3) is 0 Å². The number of hydrogen-bond donors (Lipinski definition) is 0. The molecule has 0 fully saturated rings. The maximum atomic E-state index is 14.8. The van der Waals surface area contributed by atoms with Crippen LogP contribution in [0, 0.1) is 25.5 Å². The average molecular weight is 673 g/mol. The number of aryl methyl sites for hydroxylation is 2. The van der Waals surface area contributed by atoms with Gasteiger partial charge in [-0.2, -0.15) is 0 Å². The number of rotatable bonds is 10. The van der Waals surface area contributed by atoms with E-state index in [9.17, 15) is 8.78 Å². The van der Waals surface area contributed by atoms with Crippen LogP contribution in [0.1, 0.15) is 22.3 Å². The van der Waals surface area contributed by atoms with Crippen molar-refractivity contribution in [2.75, 3.05) is 0 Å². The lowest BCUT2D eigenvalue weighted by Gasteiger charge is -2.12. The molecular formula is C38H30F2N6S2. The normalized spacial score (nSPS) is 11.2. The van der Waals surface area contributed by atoms with Crippen LogP contribution in [0.5, 0.6) is 0 Å². The highest BCUT2D eigenvalue weighted by molar-refractivity contribution is 7.98. The Labute approximate surface area is 285 Å². The molecule has 0 atom stereocenters. The molecule has 0 amide bonds. The molecule has 10 heteroatoms. The lowest BCUT2D eigenvalue weighted by molar-refractivity contribution is 0.629. The van der Waals surface area contributed by atoms with Gasteiger partial charge in [0.05, 0.1) is 11.1 Å². The summed E-state index contributed by atoms with van der Waals surface area (Å²) in [6, 6.07) is 37.7. The first-order chi connectivity index (χ1) is 23.4. The second kappa shape index (κ2) is 14.0. The first-order valence-corrected chi connectivity index (χ1v) is 17.3. The summed E-state index contributed by atoms with van der Waals surface area (Å²) in [5.74, 6) is 1.55. The van der Waals surface area contributed by atoms with Crippen molar-refractivity contribution in [2.45, 2.75) is 35.7 Å². The summed E-state index contributed by atoms with van der Waals surface area (Å²) in [6.45, 7) is 4.06. The molecule has 0 bridgehead atoms. The predicted molar refractivity (Wildman–Crippen MR) is 189 cm³/mol. The Balaban J connectivity index is 1.09. The van der Waals surface area contributed by atoms with Crippen LogP contribution in [0.25, 0.3) is 34.2 Å². The van der Waals surface area contributed by atoms with Crippen molar-refractivity contribution < 1.29 is 8.78 Å². The highest BCUT2D eigenvalue weighted by Gasteiger charge is 2.20. The molecule has 6 nitrogen and oxygen atoms in total. The monoisotopic (exact) mass is 672 g/mol. The molecule has 0 aliphatic rings. The van der Waals surface area contributed by atoms with Crippen LogP contribution in [0.3, 0.4) is 0 Å². The van der Waals surface area contributed by atoms with E-state index in [0.29, 0.717) is 44.6 Å². The van der Waals surface area contributed by atoms with Crippen LogP contribution < -0.4 is 0 Å². The van der Waals surface area contributed by atoms with E-state index in [1.807, 2.05) is 71.5 Å². The number of nitrogens with zero attached hydrogens (tertiary/aromatic N) is 6. The van der Waals surface area contributed by atoms with Gasteiger partial charge in [-0.15, -0.1) is 20.4 Å². The molecule has 0 spiro atoms. The van der Waals surface area contributed by atoms with Crippen LogP contribution >= 0.6 is 23.5 Å². The van der Waals surface area contributed by atoms with Gasteiger partial charge in [0.15, 0.2) is 22.0 Å². The molecule has 238 valence electrons. The van der Waals surface area contributed by atoms with E-state index in [1.165, 1.54) is 12.1 Å². The molecule has 48 heavy (non-hydrogen) atoms. The highest BCUT2D eigenvalue weighted by Crippen LogP contribution is 2.33. The van der Waals surface area contributed by atoms with E-state index in [-0.39, 0.29) is 11.6 Å². The van der Waals surface area contributed by atoms with Crippen molar-refractivity contribution in [2.24, 2.45) is 0 Å². The van der Waals surface area contributed by atoms with Gasteiger partial charge < -0.3 is 0 Å². The summed E-state index contributed by atoms with van der Waals surface area (Å²) in [5.41, 5.74) is 7.04. The number of benzene rings is 5. The third kappa shape index (κ3) is 6.67. The standard InChI is InChI=1S/C38H30F2N6S2/c1-25-11-19-29(20-12-25)45-35(31-7-3-5-9-33(31)39)41-43-37(45)47-23-27-15-17-28(18-16-27)24-48-38-44-42-36(32-8-4-6-10-34(32)40)46(38)30-21-13-26(2)14-22-30/h3-22H,23-24H2,1-2H3. The molecule has 0 aliphatic carbocycles. The number of thioether (sulfide) groups is 2. The number of aromatic nitrogens is 6. The fraction of sp³-hybridized carbons (Fsp3) is 0.105. The van der Waals surface area contributed by atoms with Crippen molar-refractivity contribution in [3.05, 3.63) is 155 Å². The third-order valence-corrected chi connectivity index (χ3v) is 9.84. The van der Waals surface area contributed by atoms with Crippen molar-refractivity contribution in [3.8, 4) is 34.2 Å².